The zero-order valence-corrected chi connectivity index (χ0v) is 17.0. The number of halogens is 2. The van der Waals surface area contributed by atoms with E-state index in [-0.39, 0.29) is 30.7 Å². The summed E-state index contributed by atoms with van der Waals surface area (Å²) < 4.78 is 0. The zero-order chi connectivity index (χ0) is 16.7. The minimum atomic E-state index is -0.577. The molecule has 1 aromatic carbocycles. The topological polar surface area (TPSA) is 58.4 Å². The second-order valence-electron chi connectivity index (χ2n) is 6.81. The average molecular weight is 390 g/mol. The Bertz CT molecular complexity index is 490. The summed E-state index contributed by atoms with van der Waals surface area (Å²) in [7, 11) is 2.20. The van der Waals surface area contributed by atoms with E-state index < -0.39 is 6.04 Å². The Morgan fingerprint density at radius 1 is 1.20 bits per heavy atom. The van der Waals surface area contributed by atoms with Crippen LogP contribution < -0.4 is 11.1 Å². The molecule has 3 N–H and O–H groups in total. The van der Waals surface area contributed by atoms with Crippen LogP contribution in [-0.2, 0) is 4.79 Å². The molecule has 0 aromatic heterocycles. The number of hydrogen-bond donors (Lipinski definition) is 2. The van der Waals surface area contributed by atoms with E-state index in [1.807, 2.05) is 31.2 Å². The lowest BCUT2D eigenvalue weighted by molar-refractivity contribution is -0.122. The van der Waals surface area contributed by atoms with Crippen molar-refractivity contribution in [3.63, 3.8) is 0 Å². The SMILES string of the molecule is Cc1ccc(C(N)C(=O)NCCCN(C)C2CCCCC2)cc1.Cl.Cl. The van der Waals surface area contributed by atoms with Crippen molar-refractivity contribution in [3.8, 4) is 0 Å². The highest BCUT2D eigenvalue weighted by molar-refractivity contribution is 5.85. The Labute approximate surface area is 164 Å². The molecule has 4 nitrogen and oxygen atoms in total. The normalized spacial score (nSPS) is 15.8. The molecular weight excluding hydrogens is 357 g/mol. The van der Waals surface area contributed by atoms with Gasteiger partial charge in [0.15, 0.2) is 0 Å². The van der Waals surface area contributed by atoms with E-state index in [4.69, 9.17) is 5.73 Å². The smallest absolute Gasteiger partial charge is 0.241 e. The van der Waals surface area contributed by atoms with Crippen molar-refractivity contribution in [3.05, 3.63) is 35.4 Å². The van der Waals surface area contributed by atoms with Crippen molar-refractivity contribution in [2.75, 3.05) is 20.1 Å². The number of benzene rings is 1. The lowest BCUT2D eigenvalue weighted by Crippen LogP contribution is -2.38. The van der Waals surface area contributed by atoms with Crippen LogP contribution in [0.5, 0.6) is 0 Å². The number of hydrogen-bond acceptors (Lipinski definition) is 3. The number of nitrogens with one attached hydrogen (secondary N) is 1. The van der Waals surface area contributed by atoms with Gasteiger partial charge in [-0.1, -0.05) is 49.1 Å². The fourth-order valence-electron chi connectivity index (χ4n) is 3.28. The standard InChI is InChI=1S/C19H31N3O.2ClH/c1-15-9-11-16(12-10-15)18(20)19(23)21-13-6-14-22(2)17-7-4-3-5-8-17;;/h9-12,17-18H,3-8,13-14,20H2,1-2H3,(H,21,23);2*1H. The van der Waals surface area contributed by atoms with E-state index in [9.17, 15) is 4.79 Å². The van der Waals surface area contributed by atoms with Crippen LogP contribution in [0.1, 0.15) is 55.7 Å². The number of amides is 1. The van der Waals surface area contributed by atoms with Gasteiger partial charge in [-0.05, 0) is 45.3 Å². The number of carbonyl (C=O) groups excluding carboxylic acids is 1. The Balaban J connectivity index is 0.00000288. The largest absolute Gasteiger partial charge is 0.354 e. The number of rotatable bonds is 7. The van der Waals surface area contributed by atoms with Crippen LogP contribution in [0.2, 0.25) is 0 Å². The van der Waals surface area contributed by atoms with E-state index in [2.05, 4.69) is 17.3 Å². The highest BCUT2D eigenvalue weighted by atomic mass is 35.5. The molecule has 1 amide bonds. The van der Waals surface area contributed by atoms with Crippen LogP contribution in [0.4, 0.5) is 0 Å². The van der Waals surface area contributed by atoms with Gasteiger partial charge in [0.1, 0.15) is 6.04 Å². The van der Waals surface area contributed by atoms with Gasteiger partial charge in [0.2, 0.25) is 5.91 Å². The first-order chi connectivity index (χ1) is 11.1. The summed E-state index contributed by atoms with van der Waals surface area (Å²) in [4.78, 5) is 14.6. The molecule has 1 atom stereocenters. The fourth-order valence-corrected chi connectivity index (χ4v) is 3.28. The van der Waals surface area contributed by atoms with Crippen LogP contribution in [-0.4, -0.2) is 37.0 Å². The van der Waals surface area contributed by atoms with Crippen LogP contribution in [0.15, 0.2) is 24.3 Å². The number of nitrogens with zero attached hydrogens (tertiary/aromatic N) is 1. The minimum Gasteiger partial charge on any atom is -0.354 e. The van der Waals surface area contributed by atoms with Gasteiger partial charge in [-0.15, -0.1) is 24.8 Å². The Hall–Kier alpha value is -0.810. The average Bonchev–Trinajstić information content (AvgIpc) is 2.59. The molecule has 6 heteroatoms. The van der Waals surface area contributed by atoms with Crippen molar-refractivity contribution >= 4 is 30.7 Å². The van der Waals surface area contributed by atoms with E-state index in [0.29, 0.717) is 6.54 Å². The monoisotopic (exact) mass is 389 g/mol. The molecule has 0 saturated heterocycles. The van der Waals surface area contributed by atoms with Crippen molar-refractivity contribution in [1.82, 2.24) is 10.2 Å². The lowest BCUT2D eigenvalue weighted by atomic mass is 9.94. The molecule has 1 aliphatic rings. The van der Waals surface area contributed by atoms with Crippen LogP contribution in [0, 0.1) is 6.92 Å². The maximum absolute atomic E-state index is 12.1. The summed E-state index contributed by atoms with van der Waals surface area (Å²) in [6.07, 6.45) is 7.72. The van der Waals surface area contributed by atoms with Gasteiger partial charge in [-0.25, -0.2) is 0 Å². The van der Waals surface area contributed by atoms with Crippen molar-refractivity contribution in [2.45, 2.75) is 57.5 Å². The molecule has 0 spiro atoms. The Morgan fingerprint density at radius 3 is 2.40 bits per heavy atom. The predicted molar refractivity (Wildman–Crippen MR) is 110 cm³/mol. The third-order valence-corrected chi connectivity index (χ3v) is 4.90. The predicted octanol–water partition coefficient (Wildman–Crippen LogP) is 3.61. The Kier molecular flexibility index (Phi) is 12.1. The van der Waals surface area contributed by atoms with Crippen molar-refractivity contribution in [1.29, 1.82) is 0 Å². The van der Waals surface area contributed by atoms with Crippen LogP contribution >= 0.6 is 24.8 Å². The molecule has 0 heterocycles. The lowest BCUT2D eigenvalue weighted by Gasteiger charge is -2.31. The van der Waals surface area contributed by atoms with Gasteiger partial charge in [0.25, 0.3) is 0 Å². The summed E-state index contributed by atoms with van der Waals surface area (Å²) in [6.45, 7) is 3.75. The van der Waals surface area contributed by atoms with Gasteiger partial charge in [-0.3, -0.25) is 4.79 Å². The molecule has 2 rings (SSSR count). The molecule has 144 valence electrons. The second kappa shape index (κ2) is 12.5. The summed E-state index contributed by atoms with van der Waals surface area (Å²) in [5.74, 6) is -0.0887. The number of nitrogens with two attached hydrogens (primary N) is 1. The maximum atomic E-state index is 12.1. The summed E-state index contributed by atoms with van der Waals surface area (Å²) in [5, 5.41) is 2.96. The minimum absolute atomic E-state index is 0. The summed E-state index contributed by atoms with van der Waals surface area (Å²) >= 11 is 0. The molecule has 1 aromatic rings. The zero-order valence-electron chi connectivity index (χ0n) is 15.4. The van der Waals surface area contributed by atoms with Gasteiger partial charge in [-0.2, -0.15) is 0 Å². The Morgan fingerprint density at radius 2 is 1.80 bits per heavy atom. The van der Waals surface area contributed by atoms with E-state index in [0.717, 1.165) is 24.6 Å². The van der Waals surface area contributed by atoms with Crippen molar-refractivity contribution < 1.29 is 4.79 Å². The van der Waals surface area contributed by atoms with Gasteiger partial charge in [0, 0.05) is 12.6 Å². The first kappa shape index (κ1) is 24.2. The highest BCUT2D eigenvalue weighted by Gasteiger charge is 2.18. The highest BCUT2D eigenvalue weighted by Crippen LogP contribution is 2.21. The molecule has 0 bridgehead atoms. The maximum Gasteiger partial charge on any atom is 0.241 e. The van der Waals surface area contributed by atoms with Crippen LogP contribution in [0.3, 0.4) is 0 Å². The molecule has 1 aliphatic carbocycles. The number of carbonyl (C=O) groups is 1. The van der Waals surface area contributed by atoms with E-state index >= 15 is 0 Å². The summed E-state index contributed by atoms with van der Waals surface area (Å²) in [5.41, 5.74) is 8.07. The third-order valence-electron chi connectivity index (χ3n) is 4.90. The molecule has 0 aliphatic heterocycles. The number of aryl methyl sites for hydroxylation is 1. The van der Waals surface area contributed by atoms with Gasteiger partial charge in [0.05, 0.1) is 0 Å². The second-order valence-corrected chi connectivity index (χ2v) is 6.81. The van der Waals surface area contributed by atoms with E-state index in [1.165, 1.54) is 37.7 Å². The molecule has 1 fully saturated rings. The van der Waals surface area contributed by atoms with Crippen molar-refractivity contribution in [2.24, 2.45) is 5.73 Å². The summed E-state index contributed by atoms with van der Waals surface area (Å²) in [6, 6.07) is 7.98. The van der Waals surface area contributed by atoms with Gasteiger partial charge >= 0.3 is 0 Å². The molecule has 0 radical (unpaired) electrons. The van der Waals surface area contributed by atoms with Gasteiger partial charge < -0.3 is 16.0 Å². The first-order valence-electron chi connectivity index (χ1n) is 8.88. The molecular formula is C19H33Cl2N3O. The molecule has 25 heavy (non-hydrogen) atoms. The quantitative estimate of drug-likeness (QED) is 0.700. The third kappa shape index (κ3) is 7.95. The molecule has 1 unspecified atom stereocenters. The van der Waals surface area contributed by atoms with E-state index in [1.54, 1.807) is 0 Å². The van der Waals surface area contributed by atoms with Crippen LogP contribution in [0.25, 0.3) is 0 Å². The molecule has 1 saturated carbocycles. The fraction of sp³-hybridized carbons (Fsp3) is 0.632. The first-order valence-corrected chi connectivity index (χ1v) is 8.88.